The second-order valence-corrected chi connectivity index (χ2v) is 9.64. The Bertz CT molecular complexity index is 1040. The van der Waals surface area contributed by atoms with Crippen molar-refractivity contribution in [1.29, 1.82) is 0 Å². The summed E-state index contributed by atoms with van der Waals surface area (Å²) in [5.74, 6) is 1.67. The first kappa shape index (κ1) is 19.4. The zero-order chi connectivity index (χ0) is 20.0. The van der Waals surface area contributed by atoms with Crippen molar-refractivity contribution in [2.45, 2.75) is 53.5 Å². The number of benzene rings is 1. The molecule has 3 aromatic rings. The van der Waals surface area contributed by atoms with Crippen molar-refractivity contribution in [3.8, 4) is 5.00 Å². The van der Waals surface area contributed by atoms with Gasteiger partial charge in [0.2, 0.25) is 0 Å². The highest BCUT2D eigenvalue weighted by molar-refractivity contribution is 7.15. The number of hydrogen-bond donors (Lipinski definition) is 0. The van der Waals surface area contributed by atoms with Gasteiger partial charge in [0.05, 0.1) is 23.6 Å². The summed E-state index contributed by atoms with van der Waals surface area (Å²) in [5.41, 5.74) is 5.93. The number of aliphatic imine (C=N–C) groups is 1. The summed E-state index contributed by atoms with van der Waals surface area (Å²) in [6.07, 6.45) is 4.17. The van der Waals surface area contributed by atoms with Crippen molar-refractivity contribution in [2.75, 3.05) is 0 Å². The van der Waals surface area contributed by atoms with Crippen LogP contribution in [0.25, 0.3) is 5.00 Å². The van der Waals surface area contributed by atoms with Gasteiger partial charge >= 0.3 is 0 Å². The Morgan fingerprint density at radius 3 is 2.54 bits per heavy atom. The van der Waals surface area contributed by atoms with Crippen LogP contribution in [0.3, 0.4) is 0 Å². The van der Waals surface area contributed by atoms with E-state index in [-0.39, 0.29) is 6.04 Å². The van der Waals surface area contributed by atoms with E-state index in [0.29, 0.717) is 5.92 Å². The van der Waals surface area contributed by atoms with Gasteiger partial charge in [0.1, 0.15) is 10.8 Å². The third kappa shape index (κ3) is 3.33. The van der Waals surface area contributed by atoms with Gasteiger partial charge in [0.15, 0.2) is 0 Å². The largest absolute Gasteiger partial charge is 0.289 e. The van der Waals surface area contributed by atoms with Gasteiger partial charge in [-0.2, -0.15) is 0 Å². The van der Waals surface area contributed by atoms with Crippen LogP contribution in [-0.2, 0) is 0 Å². The second kappa shape index (κ2) is 7.49. The van der Waals surface area contributed by atoms with E-state index >= 15 is 0 Å². The number of aryl methyl sites for hydroxylation is 2. The lowest BCUT2D eigenvalue weighted by Crippen LogP contribution is -2.07. The maximum atomic E-state index is 6.16. The predicted molar refractivity (Wildman–Crippen MR) is 120 cm³/mol. The number of halogens is 1. The Kier molecular flexibility index (Phi) is 5.19. The highest BCUT2D eigenvalue weighted by Gasteiger charge is 2.29. The molecule has 3 heterocycles. The molecule has 0 amide bonds. The topological polar surface area (TPSA) is 30.2 Å². The summed E-state index contributed by atoms with van der Waals surface area (Å²) < 4.78 is 2.33. The van der Waals surface area contributed by atoms with Gasteiger partial charge in [-0.1, -0.05) is 37.6 Å². The van der Waals surface area contributed by atoms with Gasteiger partial charge < -0.3 is 0 Å². The Hall–Kier alpha value is -1.91. The lowest BCUT2D eigenvalue weighted by atomic mass is 9.99. The maximum absolute atomic E-state index is 6.16. The van der Waals surface area contributed by atoms with Crippen molar-refractivity contribution < 1.29 is 0 Å². The fourth-order valence-electron chi connectivity index (χ4n) is 3.82. The Morgan fingerprint density at radius 2 is 1.86 bits per heavy atom. The molecule has 0 saturated heterocycles. The van der Waals surface area contributed by atoms with Gasteiger partial charge in [0, 0.05) is 21.0 Å². The maximum Gasteiger partial charge on any atom is 0.111 e. The zero-order valence-corrected chi connectivity index (χ0v) is 18.7. The van der Waals surface area contributed by atoms with Crippen molar-refractivity contribution in [2.24, 2.45) is 10.9 Å². The molecule has 0 N–H and O–H groups in total. The van der Waals surface area contributed by atoms with E-state index in [0.717, 1.165) is 35.0 Å². The third-order valence-corrected chi connectivity index (χ3v) is 6.98. The number of imidazole rings is 1. The van der Waals surface area contributed by atoms with Crippen LogP contribution in [0.1, 0.15) is 65.8 Å². The predicted octanol–water partition coefficient (Wildman–Crippen LogP) is 6.84. The van der Waals surface area contributed by atoms with E-state index < -0.39 is 0 Å². The number of aromatic nitrogens is 2. The molecular weight excluding hydrogens is 386 g/mol. The molecule has 5 heteroatoms. The normalized spacial score (nSPS) is 16.0. The molecule has 0 aliphatic carbocycles. The molecule has 4 rings (SSSR count). The summed E-state index contributed by atoms with van der Waals surface area (Å²) in [6, 6.07) is 8.18. The van der Waals surface area contributed by atoms with Gasteiger partial charge in [0.25, 0.3) is 0 Å². The third-order valence-electron chi connectivity index (χ3n) is 5.53. The van der Waals surface area contributed by atoms with Crippen LogP contribution in [0.5, 0.6) is 0 Å². The van der Waals surface area contributed by atoms with Crippen LogP contribution in [0.15, 0.2) is 35.5 Å². The highest BCUT2D eigenvalue weighted by atomic mass is 35.5. The molecule has 0 bridgehead atoms. The van der Waals surface area contributed by atoms with Gasteiger partial charge in [-0.25, -0.2) is 4.98 Å². The Morgan fingerprint density at radius 1 is 1.14 bits per heavy atom. The molecule has 0 fully saturated rings. The average molecular weight is 412 g/mol. The van der Waals surface area contributed by atoms with E-state index in [1.54, 1.807) is 0 Å². The van der Waals surface area contributed by atoms with E-state index in [4.69, 9.17) is 16.6 Å². The highest BCUT2D eigenvalue weighted by Crippen LogP contribution is 2.40. The number of hydrogen-bond acceptors (Lipinski definition) is 3. The second-order valence-electron chi connectivity index (χ2n) is 8.00. The van der Waals surface area contributed by atoms with Gasteiger partial charge in [-0.05, 0) is 57.2 Å². The molecule has 0 radical (unpaired) electrons. The minimum absolute atomic E-state index is 0.105. The lowest BCUT2D eigenvalue weighted by Gasteiger charge is -2.15. The fraction of sp³-hybridized carbons (Fsp3) is 0.391. The SMILES string of the molecule is Cc1sc2c(c1C)C(c1ccc(Cl)cc1)=N[C@@H](CCC(C)C)c1cnc(C)n1-2. The van der Waals surface area contributed by atoms with Crippen molar-refractivity contribution in [3.05, 3.63) is 68.6 Å². The molecule has 2 aromatic heterocycles. The smallest absolute Gasteiger partial charge is 0.111 e. The molecule has 0 saturated carbocycles. The number of rotatable bonds is 4. The molecule has 146 valence electrons. The molecule has 28 heavy (non-hydrogen) atoms. The van der Waals surface area contributed by atoms with Crippen LogP contribution in [0.2, 0.25) is 5.02 Å². The quantitative estimate of drug-likeness (QED) is 0.462. The average Bonchev–Trinajstić information content (AvgIpc) is 3.12. The van der Waals surface area contributed by atoms with Crippen molar-refractivity contribution >= 4 is 28.6 Å². The number of fused-ring (bicyclic) bond motifs is 3. The summed E-state index contributed by atoms with van der Waals surface area (Å²) in [6.45, 7) is 11.0. The van der Waals surface area contributed by atoms with Gasteiger partial charge in [-0.15, -0.1) is 11.3 Å². The molecule has 1 atom stereocenters. The van der Waals surface area contributed by atoms with E-state index in [9.17, 15) is 0 Å². The van der Waals surface area contributed by atoms with Crippen LogP contribution >= 0.6 is 22.9 Å². The standard InChI is InChI=1S/C23H26ClN3S/c1-13(2)6-11-19-20-12-25-16(5)27(20)23-21(14(3)15(4)28-23)22(26-19)17-7-9-18(24)10-8-17/h7-10,12-13,19H,6,11H2,1-5H3/t19-/m0/s1. The summed E-state index contributed by atoms with van der Waals surface area (Å²) >= 11 is 7.99. The number of thiophene rings is 1. The Labute approximate surface area is 176 Å². The van der Waals surface area contributed by atoms with Crippen molar-refractivity contribution in [3.63, 3.8) is 0 Å². The van der Waals surface area contributed by atoms with Crippen LogP contribution in [0.4, 0.5) is 0 Å². The van der Waals surface area contributed by atoms with E-state index in [1.165, 1.54) is 26.7 Å². The monoisotopic (exact) mass is 411 g/mol. The summed E-state index contributed by atoms with van der Waals surface area (Å²) in [5, 5.41) is 1.99. The minimum atomic E-state index is 0.105. The first-order valence-electron chi connectivity index (χ1n) is 9.85. The zero-order valence-electron chi connectivity index (χ0n) is 17.1. The van der Waals surface area contributed by atoms with Crippen LogP contribution in [0, 0.1) is 26.7 Å². The van der Waals surface area contributed by atoms with E-state index in [2.05, 4.69) is 56.3 Å². The molecule has 0 spiro atoms. The van der Waals surface area contributed by atoms with Crippen LogP contribution in [-0.4, -0.2) is 15.3 Å². The first-order chi connectivity index (χ1) is 13.4. The molecule has 1 aliphatic heterocycles. The summed E-state index contributed by atoms with van der Waals surface area (Å²) in [7, 11) is 0. The minimum Gasteiger partial charge on any atom is -0.289 e. The molecular formula is C23H26ClN3S. The molecule has 3 nitrogen and oxygen atoms in total. The molecule has 1 aromatic carbocycles. The van der Waals surface area contributed by atoms with Gasteiger partial charge in [-0.3, -0.25) is 9.56 Å². The van der Waals surface area contributed by atoms with Crippen molar-refractivity contribution in [1.82, 2.24) is 9.55 Å². The Balaban J connectivity index is 1.97. The molecule has 0 unspecified atom stereocenters. The number of nitrogens with zero attached hydrogens (tertiary/aromatic N) is 3. The lowest BCUT2D eigenvalue weighted by molar-refractivity contribution is 0.501. The fourth-order valence-corrected chi connectivity index (χ4v) is 5.18. The summed E-state index contributed by atoms with van der Waals surface area (Å²) in [4.78, 5) is 11.3. The first-order valence-corrected chi connectivity index (χ1v) is 11.0. The van der Waals surface area contributed by atoms with Crippen LogP contribution < -0.4 is 0 Å². The van der Waals surface area contributed by atoms with E-state index in [1.807, 2.05) is 29.7 Å². The molecule has 1 aliphatic rings.